The van der Waals surface area contributed by atoms with Crippen molar-refractivity contribution in [3.05, 3.63) is 23.9 Å². The number of pyridine rings is 1. The van der Waals surface area contributed by atoms with Gasteiger partial charge in [-0.05, 0) is 42.9 Å². The molecule has 0 spiro atoms. The maximum atomic E-state index is 4.86. The van der Waals surface area contributed by atoms with Gasteiger partial charge in [-0.3, -0.25) is 0 Å². The van der Waals surface area contributed by atoms with E-state index in [-0.39, 0.29) is 24.0 Å². The van der Waals surface area contributed by atoms with Crippen LogP contribution in [0, 0.1) is 11.8 Å². The van der Waals surface area contributed by atoms with E-state index in [1.54, 1.807) is 0 Å². The highest BCUT2D eigenvalue weighted by molar-refractivity contribution is 14.0. The minimum atomic E-state index is 0. The van der Waals surface area contributed by atoms with Gasteiger partial charge >= 0.3 is 0 Å². The van der Waals surface area contributed by atoms with Gasteiger partial charge in [0.1, 0.15) is 5.82 Å². The Kier molecular flexibility index (Phi) is 8.80. The fourth-order valence-corrected chi connectivity index (χ4v) is 3.23. The molecule has 0 bridgehead atoms. The second-order valence-electron chi connectivity index (χ2n) is 6.94. The fourth-order valence-electron chi connectivity index (χ4n) is 3.23. The molecular formula is C18H32IN5. The van der Waals surface area contributed by atoms with E-state index in [1.807, 2.05) is 31.3 Å². The third-order valence-corrected chi connectivity index (χ3v) is 4.18. The SMILES string of the molecule is CCNC(=NCc1ccnc(N(C)C)c1)N1CC(C)CC(C)C1.I. The number of anilines is 1. The van der Waals surface area contributed by atoms with Crippen LogP contribution in [-0.2, 0) is 6.54 Å². The summed E-state index contributed by atoms with van der Waals surface area (Å²) in [5, 5.41) is 3.45. The average molecular weight is 445 g/mol. The summed E-state index contributed by atoms with van der Waals surface area (Å²) in [7, 11) is 4.02. The molecule has 1 aliphatic rings. The minimum absolute atomic E-state index is 0. The summed E-state index contributed by atoms with van der Waals surface area (Å²) in [6.07, 6.45) is 3.17. The van der Waals surface area contributed by atoms with Crippen LogP contribution in [-0.4, -0.2) is 49.6 Å². The monoisotopic (exact) mass is 445 g/mol. The summed E-state index contributed by atoms with van der Waals surface area (Å²) >= 11 is 0. The van der Waals surface area contributed by atoms with Crippen LogP contribution in [0.2, 0.25) is 0 Å². The second-order valence-corrected chi connectivity index (χ2v) is 6.94. The summed E-state index contributed by atoms with van der Waals surface area (Å²) in [4.78, 5) is 13.7. The van der Waals surface area contributed by atoms with Crippen molar-refractivity contribution in [3.63, 3.8) is 0 Å². The highest BCUT2D eigenvalue weighted by Crippen LogP contribution is 2.21. The summed E-state index contributed by atoms with van der Waals surface area (Å²) in [6, 6.07) is 4.15. The third-order valence-electron chi connectivity index (χ3n) is 4.18. The number of guanidine groups is 1. The largest absolute Gasteiger partial charge is 0.363 e. The van der Waals surface area contributed by atoms with Crippen molar-refractivity contribution in [2.75, 3.05) is 38.6 Å². The lowest BCUT2D eigenvalue weighted by molar-refractivity contribution is 0.208. The number of nitrogens with one attached hydrogen (secondary N) is 1. The first-order chi connectivity index (χ1) is 11.0. The number of aliphatic imine (C=N–C) groups is 1. The number of rotatable bonds is 4. The Hall–Kier alpha value is -1.05. The van der Waals surface area contributed by atoms with E-state index in [9.17, 15) is 0 Å². The third kappa shape index (κ3) is 6.11. The van der Waals surface area contributed by atoms with Gasteiger partial charge in [-0.1, -0.05) is 13.8 Å². The smallest absolute Gasteiger partial charge is 0.194 e. The molecule has 1 aromatic heterocycles. The van der Waals surface area contributed by atoms with Gasteiger partial charge < -0.3 is 15.1 Å². The fraction of sp³-hybridized carbons (Fsp3) is 0.667. The molecule has 2 atom stereocenters. The topological polar surface area (TPSA) is 43.8 Å². The predicted octanol–water partition coefficient (Wildman–Crippen LogP) is 3.21. The average Bonchev–Trinajstić information content (AvgIpc) is 2.50. The van der Waals surface area contributed by atoms with Crippen LogP contribution in [0.25, 0.3) is 0 Å². The first kappa shape index (κ1) is 21.0. The van der Waals surface area contributed by atoms with Crippen molar-refractivity contribution < 1.29 is 0 Å². The molecule has 136 valence electrons. The molecule has 6 heteroatoms. The van der Waals surface area contributed by atoms with Gasteiger partial charge in [0, 0.05) is 39.9 Å². The molecule has 0 radical (unpaired) electrons. The quantitative estimate of drug-likeness (QED) is 0.439. The maximum Gasteiger partial charge on any atom is 0.194 e. The number of hydrogen-bond acceptors (Lipinski definition) is 3. The summed E-state index contributed by atoms with van der Waals surface area (Å²) in [5.41, 5.74) is 1.19. The molecule has 0 saturated carbocycles. The molecule has 1 aliphatic heterocycles. The van der Waals surface area contributed by atoms with Gasteiger partial charge in [0.15, 0.2) is 5.96 Å². The standard InChI is InChI=1S/C18H31N5.HI/c1-6-19-18(23-12-14(2)9-15(3)13-23)21-11-16-7-8-20-17(10-16)22(4)5;/h7-8,10,14-15H,6,9,11-13H2,1-5H3,(H,19,21);1H. The number of likely N-dealkylation sites (tertiary alicyclic amines) is 1. The molecular weight excluding hydrogens is 413 g/mol. The predicted molar refractivity (Wildman–Crippen MR) is 113 cm³/mol. The molecule has 1 aromatic rings. The van der Waals surface area contributed by atoms with Gasteiger partial charge in [0.25, 0.3) is 0 Å². The molecule has 1 N–H and O–H groups in total. The summed E-state index contributed by atoms with van der Waals surface area (Å²) in [5.74, 6) is 3.46. The molecule has 0 amide bonds. The number of aromatic nitrogens is 1. The van der Waals surface area contributed by atoms with Crippen LogP contribution in [0.4, 0.5) is 5.82 Å². The Morgan fingerprint density at radius 3 is 2.58 bits per heavy atom. The van der Waals surface area contributed by atoms with Crippen LogP contribution in [0.15, 0.2) is 23.3 Å². The number of halogens is 1. The van der Waals surface area contributed by atoms with Gasteiger partial charge in [0.2, 0.25) is 0 Å². The highest BCUT2D eigenvalue weighted by atomic mass is 127. The van der Waals surface area contributed by atoms with Gasteiger partial charge in [-0.15, -0.1) is 24.0 Å². The second kappa shape index (κ2) is 10.1. The molecule has 0 aromatic carbocycles. The maximum absolute atomic E-state index is 4.86. The minimum Gasteiger partial charge on any atom is -0.363 e. The molecule has 2 unspecified atom stereocenters. The Labute approximate surface area is 163 Å². The molecule has 2 rings (SSSR count). The lowest BCUT2D eigenvalue weighted by atomic mass is 9.92. The van der Waals surface area contributed by atoms with Gasteiger partial charge in [-0.25, -0.2) is 9.98 Å². The first-order valence-corrected chi connectivity index (χ1v) is 8.65. The van der Waals surface area contributed by atoms with Crippen molar-refractivity contribution in [3.8, 4) is 0 Å². The molecule has 1 fully saturated rings. The van der Waals surface area contributed by atoms with E-state index in [2.05, 4.69) is 42.0 Å². The van der Waals surface area contributed by atoms with E-state index in [0.717, 1.165) is 43.2 Å². The number of piperidine rings is 1. The first-order valence-electron chi connectivity index (χ1n) is 8.65. The van der Waals surface area contributed by atoms with Crippen molar-refractivity contribution in [2.45, 2.75) is 33.7 Å². The van der Waals surface area contributed by atoms with Crippen LogP contribution in [0.1, 0.15) is 32.8 Å². The Balaban J connectivity index is 0.00000288. The summed E-state index contributed by atoms with van der Waals surface area (Å²) in [6.45, 7) is 10.6. The van der Waals surface area contributed by atoms with Crippen molar-refractivity contribution in [1.82, 2.24) is 15.2 Å². The van der Waals surface area contributed by atoms with E-state index in [0.29, 0.717) is 6.54 Å². The molecule has 1 saturated heterocycles. The zero-order valence-electron chi connectivity index (χ0n) is 15.6. The zero-order valence-corrected chi connectivity index (χ0v) is 17.9. The molecule has 2 heterocycles. The number of nitrogens with zero attached hydrogens (tertiary/aromatic N) is 4. The van der Waals surface area contributed by atoms with E-state index < -0.39 is 0 Å². The Bertz CT molecular complexity index is 522. The van der Waals surface area contributed by atoms with Crippen molar-refractivity contribution in [1.29, 1.82) is 0 Å². The Morgan fingerprint density at radius 2 is 2.00 bits per heavy atom. The molecule has 24 heavy (non-hydrogen) atoms. The van der Waals surface area contributed by atoms with Crippen LogP contribution in [0.5, 0.6) is 0 Å². The molecule has 0 aliphatic carbocycles. The van der Waals surface area contributed by atoms with Gasteiger partial charge in [-0.2, -0.15) is 0 Å². The van der Waals surface area contributed by atoms with Crippen molar-refractivity contribution >= 4 is 35.8 Å². The van der Waals surface area contributed by atoms with Gasteiger partial charge in [0.05, 0.1) is 6.54 Å². The van der Waals surface area contributed by atoms with Crippen molar-refractivity contribution in [2.24, 2.45) is 16.8 Å². The lowest BCUT2D eigenvalue weighted by Crippen LogP contribution is -2.48. The van der Waals surface area contributed by atoms with Crippen LogP contribution in [0.3, 0.4) is 0 Å². The van der Waals surface area contributed by atoms with Crippen LogP contribution < -0.4 is 10.2 Å². The van der Waals surface area contributed by atoms with E-state index in [4.69, 9.17) is 4.99 Å². The summed E-state index contributed by atoms with van der Waals surface area (Å²) < 4.78 is 0. The Morgan fingerprint density at radius 1 is 1.33 bits per heavy atom. The van der Waals surface area contributed by atoms with E-state index >= 15 is 0 Å². The van der Waals surface area contributed by atoms with Crippen LogP contribution >= 0.6 is 24.0 Å². The molecule has 5 nitrogen and oxygen atoms in total. The zero-order chi connectivity index (χ0) is 16.8. The number of hydrogen-bond donors (Lipinski definition) is 1. The lowest BCUT2D eigenvalue weighted by Gasteiger charge is -2.37. The normalized spacial score (nSPS) is 21.2. The van der Waals surface area contributed by atoms with E-state index in [1.165, 1.54) is 12.0 Å². The highest BCUT2D eigenvalue weighted by Gasteiger charge is 2.23.